The van der Waals surface area contributed by atoms with E-state index in [0.717, 1.165) is 31.9 Å². The fourth-order valence-electron chi connectivity index (χ4n) is 3.79. The lowest BCUT2D eigenvalue weighted by Crippen LogP contribution is -2.51. The lowest BCUT2D eigenvalue weighted by atomic mass is 10.2. The van der Waals surface area contributed by atoms with Gasteiger partial charge in [0.15, 0.2) is 5.82 Å². The molecule has 0 radical (unpaired) electrons. The predicted octanol–water partition coefficient (Wildman–Crippen LogP) is 4.43. The minimum Gasteiger partial charge on any atom is -0.495 e. The maximum Gasteiger partial charge on any atom is 0.327 e. The highest BCUT2D eigenvalue weighted by molar-refractivity contribution is 6.41. The van der Waals surface area contributed by atoms with Gasteiger partial charge in [0.25, 0.3) is 0 Å². The number of hydrazine groups is 1. The number of hydrogen-bond acceptors (Lipinski definition) is 8. The number of carbonyl (C=O) groups is 1. The van der Waals surface area contributed by atoms with Crippen molar-refractivity contribution in [3.8, 4) is 11.5 Å². The van der Waals surface area contributed by atoms with Crippen LogP contribution in [0.15, 0.2) is 48.8 Å². The first kappa shape index (κ1) is 25.8. The van der Waals surface area contributed by atoms with Crippen LogP contribution in [-0.2, 0) is 0 Å². The van der Waals surface area contributed by atoms with Gasteiger partial charge in [-0.2, -0.15) is 0 Å². The van der Waals surface area contributed by atoms with Gasteiger partial charge >= 0.3 is 6.03 Å². The van der Waals surface area contributed by atoms with Crippen LogP contribution >= 0.6 is 23.2 Å². The molecular weight excluding hydrogens is 505 g/mol. The van der Waals surface area contributed by atoms with Crippen molar-refractivity contribution in [3.63, 3.8) is 0 Å². The van der Waals surface area contributed by atoms with Gasteiger partial charge in [-0.3, -0.25) is 9.91 Å². The number of para-hydroxylation sites is 1. The van der Waals surface area contributed by atoms with Crippen LogP contribution in [-0.4, -0.2) is 68.5 Å². The van der Waals surface area contributed by atoms with Gasteiger partial charge in [0.05, 0.1) is 25.6 Å². The van der Waals surface area contributed by atoms with Crippen LogP contribution in [0.25, 0.3) is 0 Å². The lowest BCUT2D eigenvalue weighted by Gasteiger charge is -2.38. The van der Waals surface area contributed by atoms with Crippen LogP contribution in [0.2, 0.25) is 10.0 Å². The predicted molar refractivity (Wildman–Crippen MR) is 142 cm³/mol. The van der Waals surface area contributed by atoms with E-state index < -0.39 is 6.03 Å². The molecule has 0 unspecified atom stereocenters. The van der Waals surface area contributed by atoms with E-state index in [0.29, 0.717) is 23.1 Å². The Kier molecular flexibility index (Phi) is 8.32. The zero-order chi connectivity index (χ0) is 25.7. The number of methoxy groups -OCH3 is 2. The second kappa shape index (κ2) is 11.6. The third kappa shape index (κ3) is 5.41. The quantitative estimate of drug-likeness (QED) is 0.462. The minimum absolute atomic E-state index is 0.155. The first-order valence-electron chi connectivity index (χ1n) is 11.2. The van der Waals surface area contributed by atoms with E-state index in [1.165, 1.54) is 25.4 Å². The van der Waals surface area contributed by atoms with E-state index in [1.54, 1.807) is 19.2 Å². The molecule has 0 saturated carbocycles. The largest absolute Gasteiger partial charge is 0.495 e. The number of urea groups is 1. The third-order valence-electron chi connectivity index (χ3n) is 5.69. The Morgan fingerprint density at radius 2 is 1.61 bits per heavy atom. The van der Waals surface area contributed by atoms with Crippen molar-refractivity contribution in [1.29, 1.82) is 0 Å². The van der Waals surface area contributed by atoms with Gasteiger partial charge in [0, 0.05) is 45.4 Å². The van der Waals surface area contributed by atoms with Crippen LogP contribution in [0.5, 0.6) is 11.5 Å². The molecule has 3 aromatic rings. The molecule has 10 nitrogen and oxygen atoms in total. The summed E-state index contributed by atoms with van der Waals surface area (Å²) in [4.78, 5) is 23.4. The van der Waals surface area contributed by atoms with E-state index >= 15 is 0 Å². The number of halogens is 2. The number of benzene rings is 2. The molecule has 2 heterocycles. The van der Waals surface area contributed by atoms with E-state index in [1.807, 2.05) is 35.3 Å². The summed E-state index contributed by atoms with van der Waals surface area (Å²) in [5.74, 6) is 1.65. The van der Waals surface area contributed by atoms with Crippen molar-refractivity contribution in [3.05, 3.63) is 58.8 Å². The topological polar surface area (TPSA) is 95.1 Å². The van der Waals surface area contributed by atoms with E-state index in [2.05, 4.69) is 25.6 Å². The number of aromatic nitrogens is 2. The number of amides is 2. The van der Waals surface area contributed by atoms with Crippen molar-refractivity contribution in [2.24, 2.45) is 0 Å². The zero-order valence-corrected chi connectivity index (χ0v) is 21.7. The number of carbonyl (C=O) groups excluding carboxylic acids is 1. The Hall–Kier alpha value is -3.31. The molecule has 1 aliphatic heterocycles. The maximum atomic E-state index is 13.2. The zero-order valence-electron chi connectivity index (χ0n) is 20.2. The van der Waals surface area contributed by atoms with Crippen molar-refractivity contribution in [2.45, 2.75) is 0 Å². The summed E-state index contributed by atoms with van der Waals surface area (Å²) in [6.07, 6.45) is 1.43. The Bertz CT molecular complexity index is 1180. The summed E-state index contributed by atoms with van der Waals surface area (Å²) in [6.45, 7) is 3.32. The summed E-state index contributed by atoms with van der Waals surface area (Å²) in [5.41, 5.74) is 1.13. The molecule has 1 saturated heterocycles. The first-order chi connectivity index (χ1) is 17.4. The molecule has 0 bridgehead atoms. The maximum absolute atomic E-state index is 13.2. The van der Waals surface area contributed by atoms with Gasteiger partial charge in [-0.1, -0.05) is 41.4 Å². The number of nitrogens with zero attached hydrogens (tertiary/aromatic N) is 5. The first-order valence-corrected chi connectivity index (χ1v) is 12.0. The highest BCUT2D eigenvalue weighted by Crippen LogP contribution is 2.44. The van der Waals surface area contributed by atoms with Gasteiger partial charge in [0.1, 0.15) is 33.7 Å². The standard InChI is InChI=1S/C24H27Cl2N7O3/c1-31(24(34)30-23-21(25)17(35-2)13-18(36-3)22(23)26)19-14-20(29-15-28-19)33(16-7-5-4-6-8-16)32-11-9-27-10-12-32/h4-8,13-15,27H,9-12H2,1-3H3,(H,30,34). The van der Waals surface area contributed by atoms with Gasteiger partial charge < -0.3 is 20.1 Å². The molecule has 1 fully saturated rings. The van der Waals surface area contributed by atoms with E-state index in [-0.39, 0.29) is 15.7 Å². The molecule has 2 aromatic carbocycles. The summed E-state index contributed by atoms with van der Waals surface area (Å²) in [5, 5.41) is 10.7. The van der Waals surface area contributed by atoms with Gasteiger partial charge in [0.2, 0.25) is 0 Å². The summed E-state index contributed by atoms with van der Waals surface area (Å²) in [6, 6.07) is 12.7. The lowest BCUT2D eigenvalue weighted by molar-refractivity contribution is 0.242. The fraction of sp³-hybridized carbons (Fsp3) is 0.292. The highest BCUT2D eigenvalue weighted by atomic mass is 35.5. The van der Waals surface area contributed by atoms with Crippen molar-refractivity contribution in [2.75, 3.05) is 62.7 Å². The van der Waals surface area contributed by atoms with Gasteiger partial charge in [-0.15, -0.1) is 0 Å². The molecule has 0 spiro atoms. The van der Waals surface area contributed by atoms with Crippen molar-refractivity contribution >= 4 is 52.2 Å². The second-order valence-electron chi connectivity index (χ2n) is 7.86. The van der Waals surface area contributed by atoms with Crippen molar-refractivity contribution < 1.29 is 14.3 Å². The Morgan fingerprint density at radius 3 is 2.22 bits per heavy atom. The molecule has 2 amide bonds. The van der Waals surface area contributed by atoms with Crippen LogP contribution < -0.4 is 30.0 Å². The normalized spacial score (nSPS) is 13.7. The Morgan fingerprint density at radius 1 is 1.00 bits per heavy atom. The van der Waals surface area contributed by atoms with E-state index in [4.69, 9.17) is 32.7 Å². The summed E-state index contributed by atoms with van der Waals surface area (Å²) < 4.78 is 10.6. The molecule has 12 heteroatoms. The van der Waals surface area contributed by atoms with Crippen LogP contribution in [0.3, 0.4) is 0 Å². The van der Waals surface area contributed by atoms with Crippen LogP contribution in [0, 0.1) is 0 Å². The Labute approximate surface area is 219 Å². The molecule has 190 valence electrons. The second-order valence-corrected chi connectivity index (χ2v) is 8.61. The monoisotopic (exact) mass is 531 g/mol. The number of rotatable bonds is 7. The number of piperazine rings is 1. The van der Waals surface area contributed by atoms with Gasteiger partial charge in [-0.05, 0) is 12.1 Å². The molecular formula is C24H27Cl2N7O3. The highest BCUT2D eigenvalue weighted by Gasteiger charge is 2.24. The Balaban J connectivity index is 1.63. The number of anilines is 4. The summed E-state index contributed by atoms with van der Waals surface area (Å²) >= 11 is 12.8. The van der Waals surface area contributed by atoms with Crippen LogP contribution in [0.4, 0.5) is 27.8 Å². The molecule has 36 heavy (non-hydrogen) atoms. The third-order valence-corrected chi connectivity index (χ3v) is 6.44. The molecule has 2 N–H and O–H groups in total. The average Bonchev–Trinajstić information content (AvgIpc) is 2.92. The van der Waals surface area contributed by atoms with Crippen molar-refractivity contribution in [1.82, 2.24) is 20.3 Å². The SMILES string of the molecule is COc1cc(OC)c(Cl)c(NC(=O)N(C)c2cc(N(c3ccccc3)N3CCNCC3)ncn2)c1Cl. The number of nitrogens with one attached hydrogen (secondary N) is 2. The average molecular weight is 532 g/mol. The fourth-order valence-corrected chi connectivity index (χ4v) is 4.38. The van der Waals surface area contributed by atoms with Gasteiger partial charge in [-0.25, -0.2) is 19.8 Å². The minimum atomic E-state index is -0.507. The smallest absolute Gasteiger partial charge is 0.327 e. The molecule has 1 aliphatic rings. The molecule has 1 aromatic heterocycles. The molecule has 0 atom stereocenters. The summed E-state index contributed by atoms with van der Waals surface area (Å²) in [7, 11) is 4.52. The van der Waals surface area contributed by atoms with E-state index in [9.17, 15) is 4.79 Å². The number of hydrogen-bond donors (Lipinski definition) is 2. The molecule has 4 rings (SSSR count). The number of ether oxygens (including phenoxy) is 2. The molecule has 0 aliphatic carbocycles. The van der Waals surface area contributed by atoms with Crippen LogP contribution in [0.1, 0.15) is 0 Å².